The van der Waals surface area contributed by atoms with E-state index < -0.39 is 11.9 Å². The van der Waals surface area contributed by atoms with Crippen molar-refractivity contribution >= 4 is 34.1 Å². The molecule has 0 bridgehead atoms. The molecule has 5 nitrogen and oxygen atoms in total. The van der Waals surface area contributed by atoms with Gasteiger partial charge in [-0.25, -0.2) is 4.39 Å². The lowest BCUT2D eigenvalue weighted by Crippen LogP contribution is -2.32. The van der Waals surface area contributed by atoms with Crippen LogP contribution in [0.5, 0.6) is 5.75 Å². The molecule has 0 saturated carbocycles. The second-order valence-corrected chi connectivity index (χ2v) is 6.73. The van der Waals surface area contributed by atoms with Gasteiger partial charge >= 0.3 is 0 Å². The summed E-state index contributed by atoms with van der Waals surface area (Å²) < 4.78 is 19.8. The summed E-state index contributed by atoms with van der Waals surface area (Å²) in [4.78, 5) is 12.2. The molecule has 2 aromatic rings. The van der Waals surface area contributed by atoms with E-state index >= 15 is 0 Å². The van der Waals surface area contributed by atoms with Crippen molar-refractivity contribution in [3.05, 3.63) is 30.1 Å². The highest BCUT2D eigenvalue weighted by molar-refractivity contribution is 8.01. The molecule has 0 spiro atoms. The second kappa shape index (κ2) is 8.09. The van der Waals surface area contributed by atoms with Crippen LogP contribution >= 0.6 is 23.1 Å². The summed E-state index contributed by atoms with van der Waals surface area (Å²) in [5.74, 6) is 0.0848. The van der Waals surface area contributed by atoms with Gasteiger partial charge in [0.05, 0.1) is 0 Å². The molecule has 1 amide bonds. The Morgan fingerprint density at radius 3 is 2.86 bits per heavy atom. The zero-order chi connectivity index (χ0) is 15.9. The first kappa shape index (κ1) is 16.7. The van der Waals surface area contributed by atoms with E-state index in [2.05, 4.69) is 15.5 Å². The number of rotatable bonds is 7. The molecule has 1 atom stereocenters. The van der Waals surface area contributed by atoms with Gasteiger partial charge in [0.1, 0.15) is 0 Å². The number of nitrogens with one attached hydrogen (secondary N) is 1. The van der Waals surface area contributed by atoms with Crippen molar-refractivity contribution in [2.24, 2.45) is 0 Å². The van der Waals surface area contributed by atoms with E-state index in [4.69, 9.17) is 4.74 Å². The predicted molar refractivity (Wildman–Crippen MR) is 86.0 cm³/mol. The van der Waals surface area contributed by atoms with E-state index in [1.54, 1.807) is 30.8 Å². The van der Waals surface area contributed by atoms with Gasteiger partial charge in [-0.3, -0.25) is 10.1 Å². The standard InChI is InChI=1S/C14H16FN3O2S2/c1-3-10(20-11-8-6-5-7-9(11)15)12(19)16-13-17-18-14(22-13)21-4-2/h5-8,10H,3-4H2,1-2H3,(H,16,17,19)/t10-/m1/s1. The van der Waals surface area contributed by atoms with E-state index in [1.165, 1.54) is 23.5 Å². The Morgan fingerprint density at radius 2 is 2.18 bits per heavy atom. The maximum atomic E-state index is 13.6. The van der Waals surface area contributed by atoms with E-state index in [-0.39, 0.29) is 11.7 Å². The second-order valence-electron chi connectivity index (χ2n) is 4.24. The quantitative estimate of drug-likeness (QED) is 0.616. The van der Waals surface area contributed by atoms with Crippen molar-refractivity contribution in [1.82, 2.24) is 10.2 Å². The van der Waals surface area contributed by atoms with Crippen LogP contribution in [-0.2, 0) is 4.79 Å². The summed E-state index contributed by atoms with van der Waals surface area (Å²) in [5.41, 5.74) is 0. The highest BCUT2D eigenvalue weighted by Gasteiger charge is 2.21. The number of hydrogen-bond donors (Lipinski definition) is 1. The fourth-order valence-electron chi connectivity index (χ4n) is 1.64. The van der Waals surface area contributed by atoms with Crippen LogP contribution in [0.3, 0.4) is 0 Å². The largest absolute Gasteiger partial charge is 0.478 e. The Morgan fingerprint density at radius 1 is 1.41 bits per heavy atom. The van der Waals surface area contributed by atoms with E-state index in [1.807, 2.05) is 6.92 Å². The molecule has 1 aromatic carbocycles. The Kier molecular flexibility index (Phi) is 6.14. The molecule has 0 fully saturated rings. The molecule has 0 aliphatic heterocycles. The van der Waals surface area contributed by atoms with Crippen molar-refractivity contribution in [3.63, 3.8) is 0 Å². The minimum Gasteiger partial charge on any atom is -0.478 e. The number of ether oxygens (including phenoxy) is 1. The summed E-state index contributed by atoms with van der Waals surface area (Å²) in [6.45, 7) is 3.81. The van der Waals surface area contributed by atoms with Crippen LogP contribution in [0.2, 0.25) is 0 Å². The van der Waals surface area contributed by atoms with E-state index in [0.29, 0.717) is 11.6 Å². The summed E-state index contributed by atoms with van der Waals surface area (Å²) in [5, 5.41) is 10.9. The predicted octanol–water partition coefficient (Wildman–Crippen LogP) is 3.59. The zero-order valence-electron chi connectivity index (χ0n) is 12.2. The molecule has 0 radical (unpaired) electrons. The van der Waals surface area contributed by atoms with Gasteiger partial charge in [0.2, 0.25) is 5.13 Å². The molecule has 118 valence electrons. The van der Waals surface area contributed by atoms with E-state index in [0.717, 1.165) is 10.1 Å². The number of benzene rings is 1. The van der Waals surface area contributed by atoms with Gasteiger partial charge in [-0.1, -0.05) is 49.1 Å². The maximum Gasteiger partial charge on any atom is 0.267 e. The van der Waals surface area contributed by atoms with Crippen LogP contribution in [0.1, 0.15) is 20.3 Å². The lowest BCUT2D eigenvalue weighted by atomic mass is 10.2. The number of halogens is 1. The number of thioether (sulfide) groups is 1. The van der Waals surface area contributed by atoms with Gasteiger partial charge in [-0.05, 0) is 24.3 Å². The highest BCUT2D eigenvalue weighted by Crippen LogP contribution is 2.25. The summed E-state index contributed by atoms with van der Waals surface area (Å²) in [7, 11) is 0. The van der Waals surface area contributed by atoms with Crippen molar-refractivity contribution in [3.8, 4) is 5.75 Å². The topological polar surface area (TPSA) is 64.1 Å². The third-order valence-corrected chi connectivity index (χ3v) is 4.53. The number of anilines is 1. The van der Waals surface area contributed by atoms with Gasteiger partial charge < -0.3 is 4.74 Å². The lowest BCUT2D eigenvalue weighted by Gasteiger charge is -2.16. The number of carbonyl (C=O) groups is 1. The number of hydrogen-bond acceptors (Lipinski definition) is 6. The van der Waals surface area contributed by atoms with Crippen LogP contribution < -0.4 is 10.1 Å². The van der Waals surface area contributed by atoms with Crippen molar-refractivity contribution in [2.75, 3.05) is 11.1 Å². The summed E-state index contributed by atoms with van der Waals surface area (Å²) >= 11 is 2.86. The van der Waals surface area contributed by atoms with Crippen LogP contribution in [0.15, 0.2) is 28.6 Å². The first-order valence-electron chi connectivity index (χ1n) is 6.82. The average molecular weight is 341 g/mol. The minimum atomic E-state index is -0.789. The summed E-state index contributed by atoms with van der Waals surface area (Å²) in [6, 6.07) is 6.00. The molecular formula is C14H16FN3O2S2. The molecule has 0 saturated heterocycles. The normalized spacial score (nSPS) is 12.0. The van der Waals surface area contributed by atoms with Gasteiger partial charge in [0.25, 0.3) is 5.91 Å². The van der Waals surface area contributed by atoms with Crippen LogP contribution in [0.25, 0.3) is 0 Å². The molecule has 2 rings (SSSR count). The van der Waals surface area contributed by atoms with Gasteiger partial charge in [-0.2, -0.15) is 0 Å². The highest BCUT2D eigenvalue weighted by atomic mass is 32.2. The lowest BCUT2D eigenvalue weighted by molar-refractivity contribution is -0.122. The fourth-order valence-corrected chi connectivity index (χ4v) is 3.30. The first-order chi connectivity index (χ1) is 10.6. The summed E-state index contributed by atoms with van der Waals surface area (Å²) in [6.07, 6.45) is -0.377. The van der Waals surface area contributed by atoms with Crippen LogP contribution in [0.4, 0.5) is 9.52 Å². The van der Waals surface area contributed by atoms with E-state index in [9.17, 15) is 9.18 Å². The molecule has 1 aromatic heterocycles. The number of carbonyl (C=O) groups excluding carboxylic acids is 1. The van der Waals surface area contributed by atoms with Gasteiger partial charge in [-0.15, -0.1) is 10.2 Å². The van der Waals surface area contributed by atoms with Gasteiger partial charge in [0.15, 0.2) is 22.0 Å². The molecule has 8 heteroatoms. The SMILES string of the molecule is CCSc1nnc(NC(=O)[C@@H](CC)Oc2ccccc2F)s1. The molecule has 0 aliphatic rings. The Hall–Kier alpha value is -1.67. The third-order valence-electron chi connectivity index (χ3n) is 2.67. The molecule has 1 N–H and O–H groups in total. The smallest absolute Gasteiger partial charge is 0.267 e. The molecule has 22 heavy (non-hydrogen) atoms. The Labute approximate surface area is 136 Å². The van der Waals surface area contributed by atoms with Crippen molar-refractivity contribution < 1.29 is 13.9 Å². The molecule has 0 unspecified atom stereocenters. The minimum absolute atomic E-state index is 0.0593. The van der Waals surface area contributed by atoms with Crippen LogP contribution in [-0.4, -0.2) is 28.0 Å². The maximum absolute atomic E-state index is 13.6. The molecule has 1 heterocycles. The molecule has 0 aliphatic carbocycles. The molecular weight excluding hydrogens is 325 g/mol. The fraction of sp³-hybridized carbons (Fsp3) is 0.357. The third kappa shape index (κ3) is 4.41. The Balaban J connectivity index is 2.00. The number of para-hydroxylation sites is 1. The number of nitrogens with zero attached hydrogens (tertiary/aromatic N) is 2. The van der Waals surface area contributed by atoms with Crippen molar-refractivity contribution in [1.29, 1.82) is 0 Å². The number of aromatic nitrogens is 2. The van der Waals surface area contributed by atoms with Gasteiger partial charge in [0, 0.05) is 0 Å². The number of amides is 1. The van der Waals surface area contributed by atoms with Crippen molar-refractivity contribution in [2.45, 2.75) is 30.7 Å². The average Bonchev–Trinajstić information content (AvgIpc) is 2.94. The monoisotopic (exact) mass is 341 g/mol. The first-order valence-corrected chi connectivity index (χ1v) is 8.62. The Bertz CT molecular complexity index is 636. The zero-order valence-corrected chi connectivity index (χ0v) is 13.8. The van der Waals surface area contributed by atoms with Crippen LogP contribution in [0, 0.1) is 5.82 Å².